The van der Waals surface area contributed by atoms with Gasteiger partial charge in [-0.3, -0.25) is 4.79 Å². The van der Waals surface area contributed by atoms with E-state index in [9.17, 15) is 18.0 Å². The summed E-state index contributed by atoms with van der Waals surface area (Å²) in [7, 11) is 0. The molecule has 0 fully saturated rings. The number of hydrogen-bond acceptors (Lipinski definition) is 4. The average Bonchev–Trinajstić information content (AvgIpc) is 2.66. The van der Waals surface area contributed by atoms with Crippen molar-refractivity contribution in [3.05, 3.63) is 83.6 Å². The molecule has 0 spiro atoms. The second-order valence-electron chi connectivity index (χ2n) is 5.67. The van der Waals surface area contributed by atoms with Crippen LogP contribution in [0.25, 0.3) is 0 Å². The van der Waals surface area contributed by atoms with E-state index in [1.807, 2.05) is 0 Å². The van der Waals surface area contributed by atoms with Crippen LogP contribution in [0, 0.1) is 17.5 Å². The standard InChI is InChI=1S/C19H15F3N4O/c20-13-3-1-12(2-4-13)7-8-23-18-10-17(24-11-25-18)19(27)26-14-5-6-15(21)16(22)9-14/h1-6,9-11H,7-8H2,(H,26,27)(H,23,24,25). The number of nitrogens with zero attached hydrogens (tertiary/aromatic N) is 2. The Bertz CT molecular complexity index is 948. The Labute approximate surface area is 153 Å². The van der Waals surface area contributed by atoms with Crippen LogP contribution in [0.5, 0.6) is 0 Å². The topological polar surface area (TPSA) is 66.9 Å². The molecule has 27 heavy (non-hydrogen) atoms. The van der Waals surface area contributed by atoms with Gasteiger partial charge in [0.15, 0.2) is 11.6 Å². The van der Waals surface area contributed by atoms with Crippen molar-refractivity contribution in [3.63, 3.8) is 0 Å². The third-order valence-corrected chi connectivity index (χ3v) is 3.71. The molecule has 0 unspecified atom stereocenters. The molecular formula is C19H15F3N4O. The van der Waals surface area contributed by atoms with Gasteiger partial charge in [-0.05, 0) is 36.2 Å². The Balaban J connectivity index is 1.59. The van der Waals surface area contributed by atoms with E-state index in [2.05, 4.69) is 20.6 Å². The fourth-order valence-electron chi connectivity index (χ4n) is 2.33. The van der Waals surface area contributed by atoms with E-state index in [1.54, 1.807) is 12.1 Å². The first-order valence-corrected chi connectivity index (χ1v) is 8.08. The van der Waals surface area contributed by atoms with E-state index in [0.29, 0.717) is 18.8 Å². The molecule has 8 heteroatoms. The van der Waals surface area contributed by atoms with Gasteiger partial charge in [0, 0.05) is 24.4 Å². The number of rotatable bonds is 6. The van der Waals surface area contributed by atoms with Gasteiger partial charge in [-0.2, -0.15) is 0 Å². The monoisotopic (exact) mass is 372 g/mol. The summed E-state index contributed by atoms with van der Waals surface area (Å²) in [5.74, 6) is -2.49. The molecule has 3 rings (SSSR count). The molecule has 0 aliphatic heterocycles. The van der Waals surface area contributed by atoms with Crippen LogP contribution in [-0.2, 0) is 6.42 Å². The summed E-state index contributed by atoms with van der Waals surface area (Å²) in [6, 6.07) is 10.7. The van der Waals surface area contributed by atoms with Crippen LogP contribution in [0.15, 0.2) is 54.9 Å². The molecule has 2 aromatic carbocycles. The molecule has 1 amide bonds. The van der Waals surface area contributed by atoms with Gasteiger partial charge in [-0.15, -0.1) is 0 Å². The minimum absolute atomic E-state index is 0.0685. The first-order valence-electron chi connectivity index (χ1n) is 8.08. The van der Waals surface area contributed by atoms with Gasteiger partial charge in [0.1, 0.15) is 23.7 Å². The number of amides is 1. The lowest BCUT2D eigenvalue weighted by molar-refractivity contribution is 0.102. The van der Waals surface area contributed by atoms with Crippen LogP contribution in [0.2, 0.25) is 0 Å². The van der Waals surface area contributed by atoms with Crippen molar-refractivity contribution in [2.24, 2.45) is 0 Å². The second-order valence-corrected chi connectivity index (χ2v) is 5.67. The molecule has 3 aromatic rings. The number of hydrogen-bond donors (Lipinski definition) is 2. The summed E-state index contributed by atoms with van der Waals surface area (Å²) in [4.78, 5) is 20.1. The zero-order valence-corrected chi connectivity index (χ0v) is 14.0. The van der Waals surface area contributed by atoms with Crippen molar-refractivity contribution in [2.45, 2.75) is 6.42 Å². The summed E-state index contributed by atoms with van der Waals surface area (Å²) >= 11 is 0. The minimum atomic E-state index is -1.06. The van der Waals surface area contributed by atoms with Gasteiger partial charge in [0.25, 0.3) is 5.91 Å². The van der Waals surface area contributed by atoms with Gasteiger partial charge < -0.3 is 10.6 Å². The molecule has 0 bridgehead atoms. The van der Waals surface area contributed by atoms with Crippen molar-refractivity contribution in [1.29, 1.82) is 0 Å². The number of carbonyl (C=O) groups is 1. The third kappa shape index (κ3) is 5.04. The van der Waals surface area contributed by atoms with Gasteiger partial charge in [0.2, 0.25) is 0 Å². The fraction of sp³-hybridized carbons (Fsp3) is 0.105. The summed E-state index contributed by atoms with van der Waals surface area (Å²) in [6.07, 6.45) is 1.86. The molecule has 0 aliphatic rings. The van der Waals surface area contributed by atoms with E-state index in [4.69, 9.17) is 0 Å². The Morgan fingerprint density at radius 1 is 0.926 bits per heavy atom. The van der Waals surface area contributed by atoms with Crippen molar-refractivity contribution in [1.82, 2.24) is 9.97 Å². The van der Waals surface area contributed by atoms with Gasteiger partial charge in [-0.1, -0.05) is 12.1 Å². The van der Waals surface area contributed by atoms with E-state index in [0.717, 1.165) is 17.7 Å². The quantitative estimate of drug-likeness (QED) is 0.691. The number of halogens is 3. The molecule has 138 valence electrons. The van der Waals surface area contributed by atoms with Crippen LogP contribution in [0.3, 0.4) is 0 Å². The predicted molar refractivity (Wildman–Crippen MR) is 94.9 cm³/mol. The minimum Gasteiger partial charge on any atom is -0.370 e. The summed E-state index contributed by atoms with van der Waals surface area (Å²) in [6.45, 7) is 0.521. The zero-order valence-electron chi connectivity index (χ0n) is 14.0. The maximum Gasteiger partial charge on any atom is 0.274 e. The number of nitrogens with one attached hydrogen (secondary N) is 2. The Hall–Kier alpha value is -3.42. The van der Waals surface area contributed by atoms with E-state index >= 15 is 0 Å². The third-order valence-electron chi connectivity index (χ3n) is 3.71. The van der Waals surface area contributed by atoms with Crippen LogP contribution >= 0.6 is 0 Å². The Morgan fingerprint density at radius 3 is 2.44 bits per heavy atom. The summed E-state index contributed by atoms with van der Waals surface area (Å²) < 4.78 is 39.0. The number of benzene rings is 2. The molecule has 2 N–H and O–H groups in total. The van der Waals surface area contributed by atoms with Gasteiger partial charge >= 0.3 is 0 Å². The summed E-state index contributed by atoms with van der Waals surface area (Å²) in [5.41, 5.74) is 1.14. The second kappa shape index (κ2) is 8.31. The average molecular weight is 372 g/mol. The van der Waals surface area contributed by atoms with Crippen molar-refractivity contribution in [2.75, 3.05) is 17.2 Å². The molecule has 0 saturated carbocycles. The predicted octanol–water partition coefficient (Wildman–Crippen LogP) is 3.80. The smallest absolute Gasteiger partial charge is 0.274 e. The van der Waals surface area contributed by atoms with Crippen LogP contribution in [0.4, 0.5) is 24.7 Å². The molecule has 0 aliphatic carbocycles. The number of aromatic nitrogens is 2. The number of anilines is 2. The highest BCUT2D eigenvalue weighted by molar-refractivity contribution is 6.03. The Morgan fingerprint density at radius 2 is 1.70 bits per heavy atom. The molecular weight excluding hydrogens is 357 g/mol. The maximum atomic E-state index is 13.2. The van der Waals surface area contributed by atoms with E-state index < -0.39 is 17.5 Å². The van der Waals surface area contributed by atoms with Crippen molar-refractivity contribution < 1.29 is 18.0 Å². The largest absolute Gasteiger partial charge is 0.370 e. The van der Waals surface area contributed by atoms with Crippen molar-refractivity contribution >= 4 is 17.4 Å². The molecule has 0 radical (unpaired) electrons. The SMILES string of the molecule is O=C(Nc1ccc(F)c(F)c1)c1cc(NCCc2ccc(F)cc2)ncn1. The molecule has 0 saturated heterocycles. The zero-order chi connectivity index (χ0) is 19.2. The summed E-state index contributed by atoms with van der Waals surface area (Å²) in [5, 5.41) is 5.49. The van der Waals surface area contributed by atoms with Crippen LogP contribution < -0.4 is 10.6 Å². The molecule has 0 atom stereocenters. The fourth-order valence-corrected chi connectivity index (χ4v) is 2.33. The van der Waals surface area contributed by atoms with Crippen LogP contribution in [0.1, 0.15) is 16.1 Å². The first-order chi connectivity index (χ1) is 13.0. The van der Waals surface area contributed by atoms with Gasteiger partial charge in [0.05, 0.1) is 0 Å². The highest BCUT2D eigenvalue weighted by Gasteiger charge is 2.11. The lowest BCUT2D eigenvalue weighted by Gasteiger charge is -2.08. The maximum absolute atomic E-state index is 13.2. The molecule has 5 nitrogen and oxygen atoms in total. The van der Waals surface area contributed by atoms with Crippen molar-refractivity contribution in [3.8, 4) is 0 Å². The number of carbonyl (C=O) groups excluding carboxylic acids is 1. The highest BCUT2D eigenvalue weighted by atomic mass is 19.2. The lowest BCUT2D eigenvalue weighted by Crippen LogP contribution is -2.15. The van der Waals surface area contributed by atoms with Crippen LogP contribution in [-0.4, -0.2) is 22.4 Å². The lowest BCUT2D eigenvalue weighted by atomic mass is 10.1. The highest BCUT2D eigenvalue weighted by Crippen LogP contribution is 2.14. The normalized spacial score (nSPS) is 10.5. The molecule has 1 heterocycles. The Kier molecular flexibility index (Phi) is 5.65. The first kappa shape index (κ1) is 18.4. The van der Waals surface area contributed by atoms with E-state index in [1.165, 1.54) is 30.6 Å². The molecule has 1 aromatic heterocycles. The van der Waals surface area contributed by atoms with E-state index in [-0.39, 0.29) is 17.2 Å². The van der Waals surface area contributed by atoms with Gasteiger partial charge in [-0.25, -0.2) is 23.1 Å².